The highest BCUT2D eigenvalue weighted by atomic mass is 16.5. The van der Waals surface area contributed by atoms with Crippen LogP contribution in [0.25, 0.3) is 22.6 Å². The molecule has 182 valence electrons. The van der Waals surface area contributed by atoms with Crippen LogP contribution in [0, 0.1) is 11.3 Å². The lowest BCUT2D eigenvalue weighted by Gasteiger charge is -2.06. The Morgan fingerprint density at radius 1 is 1.16 bits per heavy atom. The summed E-state index contributed by atoms with van der Waals surface area (Å²) in [5.74, 6) is 2.00. The molecule has 0 saturated carbocycles. The molecule has 5 aromatic rings. The maximum absolute atomic E-state index is 12.4. The number of H-pyrrole nitrogens is 1. The molecule has 0 unspecified atom stereocenters. The van der Waals surface area contributed by atoms with Gasteiger partial charge in [-0.1, -0.05) is 60.6 Å². The van der Waals surface area contributed by atoms with Crippen molar-refractivity contribution in [3.05, 3.63) is 100 Å². The second-order valence-electron chi connectivity index (χ2n) is 7.95. The van der Waals surface area contributed by atoms with E-state index in [9.17, 15) is 10.1 Å². The molecule has 0 aliphatic carbocycles. The Hall–Kier alpha value is -5.37. The van der Waals surface area contributed by atoms with Gasteiger partial charge < -0.3 is 9.09 Å². The zero-order chi connectivity index (χ0) is 25.6. The van der Waals surface area contributed by atoms with Crippen LogP contribution in [0.15, 0.2) is 81.4 Å². The number of hydrogen-bond acceptors (Lipinski definition) is 9. The van der Waals surface area contributed by atoms with Crippen molar-refractivity contribution in [2.45, 2.75) is 19.9 Å². The number of nitrogens with zero attached hydrogens (tertiary/aromatic N) is 7. The van der Waals surface area contributed by atoms with E-state index in [1.54, 1.807) is 24.5 Å². The molecule has 2 aromatic carbocycles. The lowest BCUT2D eigenvalue weighted by molar-refractivity contribution is 0.370. The van der Waals surface area contributed by atoms with Crippen molar-refractivity contribution < 1.29 is 4.52 Å². The number of anilines is 1. The molecule has 3 aromatic heterocycles. The van der Waals surface area contributed by atoms with Crippen LogP contribution in [0.3, 0.4) is 0 Å². The predicted octanol–water partition coefficient (Wildman–Crippen LogP) is 3.61. The molecule has 5 rings (SSSR count). The van der Waals surface area contributed by atoms with Gasteiger partial charge in [-0.15, -0.1) is 0 Å². The summed E-state index contributed by atoms with van der Waals surface area (Å²) >= 11 is 0. The van der Waals surface area contributed by atoms with E-state index in [0.29, 0.717) is 23.8 Å². The zero-order valence-electron chi connectivity index (χ0n) is 19.8. The van der Waals surface area contributed by atoms with Gasteiger partial charge in [0.25, 0.3) is 5.56 Å². The fourth-order valence-corrected chi connectivity index (χ4v) is 3.74. The standard InChI is InChI=1S/C26H21N9O2/c1-2-21-28-11-12-35(21)16-22-30-24(34-37-22)19-10-6-7-17(13-19)15-29-33-26-31-23(18-8-4-3-5-9-18)20(14-27)25(36)32-26/h3-13,15H,2,16H2,1H3,(H2,31,32,33,36). The highest BCUT2D eigenvalue weighted by Crippen LogP contribution is 2.20. The zero-order valence-corrected chi connectivity index (χ0v) is 19.8. The van der Waals surface area contributed by atoms with Gasteiger partial charge in [0.1, 0.15) is 24.0 Å². The van der Waals surface area contributed by atoms with Crippen molar-refractivity contribution in [1.29, 1.82) is 5.26 Å². The fourth-order valence-electron chi connectivity index (χ4n) is 3.74. The number of benzene rings is 2. The van der Waals surface area contributed by atoms with E-state index >= 15 is 0 Å². The summed E-state index contributed by atoms with van der Waals surface area (Å²) in [6.07, 6.45) is 6.01. The van der Waals surface area contributed by atoms with Gasteiger partial charge in [0.05, 0.1) is 11.9 Å². The molecule has 11 heteroatoms. The molecule has 0 radical (unpaired) electrons. The lowest BCUT2D eigenvalue weighted by atomic mass is 10.1. The maximum atomic E-state index is 12.4. The summed E-state index contributed by atoms with van der Waals surface area (Å²) in [6, 6.07) is 18.4. The molecular formula is C26H21N9O2. The molecule has 0 aliphatic rings. The van der Waals surface area contributed by atoms with Gasteiger partial charge in [-0.2, -0.15) is 15.3 Å². The van der Waals surface area contributed by atoms with Crippen LogP contribution in [0.2, 0.25) is 0 Å². The average molecular weight is 492 g/mol. The molecule has 0 bridgehead atoms. The first-order valence-corrected chi connectivity index (χ1v) is 11.5. The third kappa shape index (κ3) is 5.18. The summed E-state index contributed by atoms with van der Waals surface area (Å²) in [4.78, 5) is 28.1. The van der Waals surface area contributed by atoms with Gasteiger partial charge in [-0.05, 0) is 11.6 Å². The molecule has 0 amide bonds. The van der Waals surface area contributed by atoms with Gasteiger partial charge in [-0.25, -0.2) is 15.4 Å². The summed E-state index contributed by atoms with van der Waals surface area (Å²) in [7, 11) is 0. The molecule has 0 spiro atoms. The summed E-state index contributed by atoms with van der Waals surface area (Å²) in [6.45, 7) is 2.49. The van der Waals surface area contributed by atoms with E-state index in [4.69, 9.17) is 4.52 Å². The second-order valence-corrected chi connectivity index (χ2v) is 7.95. The smallest absolute Gasteiger partial charge is 0.270 e. The van der Waals surface area contributed by atoms with Gasteiger partial charge >= 0.3 is 0 Å². The van der Waals surface area contributed by atoms with Crippen molar-refractivity contribution in [3.63, 3.8) is 0 Å². The molecule has 0 saturated heterocycles. The minimum Gasteiger partial charge on any atom is -0.337 e. The third-order valence-electron chi connectivity index (χ3n) is 5.50. The first-order valence-electron chi connectivity index (χ1n) is 11.5. The van der Waals surface area contributed by atoms with E-state index in [-0.39, 0.29) is 17.2 Å². The summed E-state index contributed by atoms with van der Waals surface area (Å²) in [5.41, 5.74) is 4.57. The number of hydrogen-bond donors (Lipinski definition) is 2. The number of aryl methyl sites for hydroxylation is 1. The van der Waals surface area contributed by atoms with Crippen LogP contribution in [0.5, 0.6) is 0 Å². The molecule has 37 heavy (non-hydrogen) atoms. The van der Waals surface area contributed by atoms with Crippen molar-refractivity contribution in [3.8, 4) is 28.7 Å². The van der Waals surface area contributed by atoms with Gasteiger partial charge in [-0.3, -0.25) is 9.78 Å². The summed E-state index contributed by atoms with van der Waals surface area (Å²) in [5, 5.41) is 17.7. The van der Waals surface area contributed by atoms with Crippen LogP contribution >= 0.6 is 0 Å². The SMILES string of the molecule is CCc1nccn1Cc1nc(-c2cccc(C=NNc3nc(-c4ccccc4)c(C#N)c(=O)[nH]3)c2)no1. The monoisotopic (exact) mass is 491 g/mol. The van der Waals surface area contributed by atoms with Crippen LogP contribution in [-0.4, -0.2) is 35.9 Å². The molecular weight excluding hydrogens is 470 g/mol. The number of rotatable bonds is 8. The Balaban J connectivity index is 1.32. The predicted molar refractivity (Wildman–Crippen MR) is 137 cm³/mol. The van der Waals surface area contributed by atoms with Crippen molar-refractivity contribution >= 4 is 12.2 Å². The molecule has 0 aliphatic heterocycles. The van der Waals surface area contributed by atoms with E-state index in [2.05, 4.69) is 35.6 Å². The van der Waals surface area contributed by atoms with E-state index in [1.165, 1.54) is 0 Å². The molecule has 11 nitrogen and oxygen atoms in total. The Bertz CT molecular complexity index is 1660. The topological polar surface area (TPSA) is 151 Å². The second kappa shape index (κ2) is 10.5. The van der Waals surface area contributed by atoms with Crippen LogP contribution in [0.1, 0.15) is 29.8 Å². The largest absolute Gasteiger partial charge is 0.337 e. The van der Waals surface area contributed by atoms with Gasteiger partial charge in [0.15, 0.2) is 0 Å². The number of nitrogens with one attached hydrogen (secondary N) is 2. The number of aromatic amines is 1. The average Bonchev–Trinajstić information content (AvgIpc) is 3.59. The van der Waals surface area contributed by atoms with Crippen molar-refractivity contribution in [1.82, 2.24) is 29.7 Å². The minimum absolute atomic E-state index is 0.0631. The maximum Gasteiger partial charge on any atom is 0.270 e. The number of nitriles is 1. The quantitative estimate of drug-likeness (QED) is 0.247. The Morgan fingerprint density at radius 3 is 2.81 bits per heavy atom. The van der Waals surface area contributed by atoms with E-state index < -0.39 is 5.56 Å². The van der Waals surface area contributed by atoms with Crippen molar-refractivity contribution in [2.24, 2.45) is 5.10 Å². The number of aromatic nitrogens is 6. The van der Waals surface area contributed by atoms with Crippen LogP contribution in [-0.2, 0) is 13.0 Å². The third-order valence-corrected chi connectivity index (χ3v) is 5.50. The highest BCUT2D eigenvalue weighted by molar-refractivity contribution is 5.82. The lowest BCUT2D eigenvalue weighted by Crippen LogP contribution is -2.16. The molecule has 3 heterocycles. The molecule has 0 fully saturated rings. The Morgan fingerprint density at radius 2 is 2.00 bits per heavy atom. The first kappa shape index (κ1) is 23.4. The van der Waals surface area contributed by atoms with Crippen LogP contribution in [0.4, 0.5) is 5.95 Å². The fraction of sp³-hybridized carbons (Fsp3) is 0.115. The highest BCUT2D eigenvalue weighted by Gasteiger charge is 2.13. The summed E-state index contributed by atoms with van der Waals surface area (Å²) < 4.78 is 7.40. The minimum atomic E-state index is -0.550. The molecule has 2 N–H and O–H groups in total. The number of hydrazone groups is 1. The van der Waals surface area contributed by atoms with E-state index in [0.717, 1.165) is 23.4 Å². The molecule has 0 atom stereocenters. The van der Waals surface area contributed by atoms with Crippen LogP contribution < -0.4 is 11.0 Å². The van der Waals surface area contributed by atoms with E-state index in [1.807, 2.05) is 66.2 Å². The van der Waals surface area contributed by atoms with Crippen molar-refractivity contribution in [2.75, 3.05) is 5.43 Å². The van der Waals surface area contributed by atoms with Gasteiger partial charge in [0.2, 0.25) is 17.7 Å². The Kier molecular flexibility index (Phi) is 6.63. The number of imidazole rings is 1. The van der Waals surface area contributed by atoms with Gasteiger partial charge in [0, 0.05) is 29.9 Å². The normalized spacial score (nSPS) is 11.0. The Labute approximate surface area is 211 Å². The first-order chi connectivity index (χ1) is 18.1.